The second-order valence-corrected chi connectivity index (χ2v) is 10.9. The van der Waals surface area contributed by atoms with Crippen molar-refractivity contribution in [3.8, 4) is 0 Å². The first kappa shape index (κ1) is 28.9. The largest absolute Gasteiger partial charge is 0.459 e. The van der Waals surface area contributed by atoms with E-state index in [-0.39, 0.29) is 23.8 Å². The van der Waals surface area contributed by atoms with Crippen LogP contribution in [-0.2, 0) is 28.5 Å². The Morgan fingerprint density at radius 1 is 1.13 bits per heavy atom. The zero-order chi connectivity index (χ0) is 28.0. The van der Waals surface area contributed by atoms with E-state index in [0.717, 1.165) is 0 Å². The average Bonchev–Trinajstić information content (AvgIpc) is 3.33. The van der Waals surface area contributed by atoms with Gasteiger partial charge in [0.15, 0.2) is 12.4 Å². The second kappa shape index (κ2) is 11.2. The normalized spacial score (nSPS) is 42.7. The number of carbonyl (C=O) groups is 2. The molecule has 212 valence electrons. The maximum atomic E-state index is 12.7. The SMILES string of the molecule is C=C1C(=O)O[C@@H]2[C@H]3C(=C)[C@@H](O[C@@H]4O[C@H](CO)[C@@H](O)[C@H](O)[C@H]4O)C[C@H]3C(=C)C[C@@H](OC(=O)[C@H](O)[C@@H](C)CC)[C@@H]12. The summed E-state index contributed by atoms with van der Waals surface area (Å²) in [5.74, 6) is -3.14. The number of aliphatic hydroxyl groups is 5. The molecule has 4 aliphatic rings. The number of rotatable bonds is 7. The lowest BCUT2D eigenvalue weighted by molar-refractivity contribution is -0.308. The maximum absolute atomic E-state index is 12.7. The first-order valence-corrected chi connectivity index (χ1v) is 13.0. The Morgan fingerprint density at radius 2 is 1.82 bits per heavy atom. The molecule has 38 heavy (non-hydrogen) atoms. The van der Waals surface area contributed by atoms with E-state index >= 15 is 0 Å². The molecule has 11 nitrogen and oxygen atoms in total. The quantitative estimate of drug-likeness (QED) is 0.164. The summed E-state index contributed by atoms with van der Waals surface area (Å²) in [5.41, 5.74) is 1.41. The minimum absolute atomic E-state index is 0.158. The van der Waals surface area contributed by atoms with E-state index in [4.69, 9.17) is 18.9 Å². The standard InChI is InChI=1S/C27H38O11/c1-6-10(2)20(29)26(34)35-16-7-11(3)14-8-15(12(4)18(14)24-19(16)13(5)25(33)38-24)36-27-23(32)22(31)21(30)17(9-28)37-27/h10,14-24,27-32H,3-9H2,1-2H3/t10-,14-,15-,16+,17+,18-,19+,20+,21+,22-,23+,24+,27+/m0/s1. The van der Waals surface area contributed by atoms with Gasteiger partial charge in [0.2, 0.25) is 0 Å². The lowest BCUT2D eigenvalue weighted by Gasteiger charge is -2.40. The first-order valence-electron chi connectivity index (χ1n) is 13.0. The summed E-state index contributed by atoms with van der Waals surface area (Å²) in [6, 6.07) is 0. The lowest BCUT2D eigenvalue weighted by Crippen LogP contribution is -2.59. The Hall–Kier alpha value is -2.12. The van der Waals surface area contributed by atoms with E-state index in [1.165, 1.54) is 0 Å². The van der Waals surface area contributed by atoms with Crippen LogP contribution in [0.15, 0.2) is 36.5 Å². The van der Waals surface area contributed by atoms with Gasteiger partial charge < -0.3 is 44.5 Å². The van der Waals surface area contributed by atoms with Crippen LogP contribution in [0.25, 0.3) is 0 Å². The number of esters is 2. The molecule has 0 amide bonds. The van der Waals surface area contributed by atoms with Crippen molar-refractivity contribution in [2.24, 2.45) is 23.7 Å². The Bertz CT molecular complexity index is 976. The second-order valence-electron chi connectivity index (χ2n) is 10.9. The molecule has 4 fully saturated rings. The molecule has 11 heteroatoms. The molecule has 2 aliphatic carbocycles. The van der Waals surface area contributed by atoms with E-state index in [1.807, 2.05) is 6.92 Å². The van der Waals surface area contributed by atoms with E-state index in [2.05, 4.69) is 19.7 Å². The van der Waals surface area contributed by atoms with Gasteiger partial charge >= 0.3 is 11.9 Å². The Balaban J connectivity index is 1.55. The smallest absolute Gasteiger partial charge is 0.335 e. The summed E-state index contributed by atoms with van der Waals surface area (Å²) in [5, 5.41) is 50.5. The predicted molar refractivity (Wildman–Crippen MR) is 131 cm³/mol. The molecule has 0 unspecified atom stereocenters. The van der Waals surface area contributed by atoms with Crippen LogP contribution in [0.3, 0.4) is 0 Å². The maximum Gasteiger partial charge on any atom is 0.335 e. The van der Waals surface area contributed by atoms with E-state index in [0.29, 0.717) is 24.0 Å². The molecule has 0 radical (unpaired) electrons. The molecule has 4 rings (SSSR count). The summed E-state index contributed by atoms with van der Waals surface area (Å²) in [6.45, 7) is 15.3. The number of fused-ring (bicyclic) bond motifs is 3. The van der Waals surface area contributed by atoms with Gasteiger partial charge in [-0.1, -0.05) is 45.6 Å². The number of ether oxygens (including phenoxy) is 4. The van der Waals surface area contributed by atoms with Crippen molar-refractivity contribution in [2.45, 2.75) is 88.2 Å². The first-order chi connectivity index (χ1) is 17.9. The monoisotopic (exact) mass is 538 g/mol. The summed E-state index contributed by atoms with van der Waals surface area (Å²) >= 11 is 0. The molecule has 0 spiro atoms. The minimum atomic E-state index is -1.59. The highest BCUT2D eigenvalue weighted by atomic mass is 16.7. The van der Waals surface area contributed by atoms with Gasteiger partial charge in [0.05, 0.1) is 18.6 Å². The van der Waals surface area contributed by atoms with Crippen molar-refractivity contribution in [3.63, 3.8) is 0 Å². The van der Waals surface area contributed by atoms with E-state index in [9.17, 15) is 35.1 Å². The summed E-state index contributed by atoms with van der Waals surface area (Å²) < 4.78 is 23.0. The zero-order valence-electron chi connectivity index (χ0n) is 21.6. The minimum Gasteiger partial charge on any atom is -0.459 e. The summed E-state index contributed by atoms with van der Waals surface area (Å²) in [4.78, 5) is 25.3. The summed E-state index contributed by atoms with van der Waals surface area (Å²) in [6.07, 6.45) is -9.64. The van der Waals surface area contributed by atoms with E-state index < -0.39 is 85.5 Å². The number of carbonyl (C=O) groups excluding carboxylic acids is 2. The van der Waals surface area contributed by atoms with Crippen molar-refractivity contribution >= 4 is 11.9 Å². The van der Waals surface area contributed by atoms with Crippen LogP contribution < -0.4 is 0 Å². The Labute approximate surface area is 221 Å². The molecule has 2 heterocycles. The topological polar surface area (TPSA) is 172 Å². The third-order valence-electron chi connectivity index (χ3n) is 8.59. The number of hydrogen-bond acceptors (Lipinski definition) is 11. The van der Waals surface area contributed by atoms with Gasteiger partial charge in [-0.25, -0.2) is 9.59 Å². The fourth-order valence-corrected chi connectivity index (χ4v) is 6.01. The van der Waals surface area contributed by atoms with Gasteiger partial charge in [0.1, 0.15) is 36.6 Å². The van der Waals surface area contributed by atoms with Crippen molar-refractivity contribution in [2.75, 3.05) is 6.61 Å². The number of hydrogen-bond donors (Lipinski definition) is 5. The van der Waals surface area contributed by atoms with Crippen LogP contribution in [0.5, 0.6) is 0 Å². The molecule has 0 bridgehead atoms. The van der Waals surface area contributed by atoms with Gasteiger partial charge in [-0.05, 0) is 23.8 Å². The third-order valence-corrected chi connectivity index (χ3v) is 8.59. The molecule has 2 saturated heterocycles. The molecule has 13 atom stereocenters. The molecule has 0 aromatic carbocycles. The van der Waals surface area contributed by atoms with E-state index in [1.54, 1.807) is 6.92 Å². The fraction of sp³-hybridized carbons (Fsp3) is 0.704. The average molecular weight is 539 g/mol. The molecular weight excluding hydrogens is 500 g/mol. The van der Waals surface area contributed by atoms with Gasteiger partial charge in [-0.2, -0.15) is 0 Å². The van der Waals surface area contributed by atoms with Crippen molar-refractivity contribution < 1.29 is 54.1 Å². The number of aliphatic hydroxyl groups excluding tert-OH is 5. The molecular formula is C27H38O11. The molecule has 0 aromatic rings. The van der Waals surface area contributed by atoms with Crippen molar-refractivity contribution in [3.05, 3.63) is 36.5 Å². The van der Waals surface area contributed by atoms with Crippen LogP contribution in [0.1, 0.15) is 33.1 Å². The molecule has 5 N–H and O–H groups in total. The molecule has 2 aliphatic heterocycles. The fourth-order valence-electron chi connectivity index (χ4n) is 6.01. The van der Waals surface area contributed by atoms with Crippen LogP contribution in [0, 0.1) is 23.7 Å². The zero-order valence-corrected chi connectivity index (χ0v) is 21.6. The Kier molecular flexibility index (Phi) is 8.49. The van der Waals surface area contributed by atoms with Crippen molar-refractivity contribution in [1.29, 1.82) is 0 Å². The van der Waals surface area contributed by atoms with Crippen LogP contribution >= 0.6 is 0 Å². The lowest BCUT2D eigenvalue weighted by atomic mass is 9.81. The third kappa shape index (κ3) is 4.97. The highest BCUT2D eigenvalue weighted by molar-refractivity contribution is 5.91. The predicted octanol–water partition coefficient (Wildman–Crippen LogP) is -0.260. The Morgan fingerprint density at radius 3 is 2.45 bits per heavy atom. The summed E-state index contributed by atoms with van der Waals surface area (Å²) in [7, 11) is 0. The highest BCUT2D eigenvalue weighted by Crippen LogP contribution is 2.53. The van der Waals surface area contributed by atoms with Gasteiger partial charge in [0.25, 0.3) is 0 Å². The van der Waals surface area contributed by atoms with Gasteiger partial charge in [-0.3, -0.25) is 0 Å². The van der Waals surface area contributed by atoms with Crippen LogP contribution in [0.4, 0.5) is 0 Å². The molecule has 0 aromatic heterocycles. The molecule has 2 saturated carbocycles. The van der Waals surface area contributed by atoms with Gasteiger partial charge in [0, 0.05) is 17.9 Å². The van der Waals surface area contributed by atoms with Crippen LogP contribution in [-0.4, -0.2) is 99.2 Å². The highest BCUT2D eigenvalue weighted by Gasteiger charge is 2.58. The van der Waals surface area contributed by atoms with Crippen LogP contribution in [0.2, 0.25) is 0 Å². The van der Waals surface area contributed by atoms with Gasteiger partial charge in [-0.15, -0.1) is 0 Å². The van der Waals surface area contributed by atoms with Crippen molar-refractivity contribution in [1.82, 2.24) is 0 Å².